The fourth-order valence-electron chi connectivity index (χ4n) is 4.91. The molecule has 4 rings (SSSR count). The molecule has 0 radical (unpaired) electrons. The highest BCUT2D eigenvalue weighted by Gasteiger charge is 2.35. The van der Waals surface area contributed by atoms with Gasteiger partial charge in [0.1, 0.15) is 0 Å². The summed E-state index contributed by atoms with van der Waals surface area (Å²) in [6, 6.07) is 9.73. The van der Waals surface area contributed by atoms with Crippen LogP contribution < -0.4 is 10.6 Å². The number of hydrogen-bond acceptors (Lipinski definition) is 5. The van der Waals surface area contributed by atoms with Gasteiger partial charge in [-0.2, -0.15) is 0 Å². The van der Waals surface area contributed by atoms with Gasteiger partial charge in [-0.05, 0) is 36.5 Å². The van der Waals surface area contributed by atoms with E-state index in [1.165, 1.54) is 24.8 Å². The molecule has 27 heavy (non-hydrogen) atoms. The highest BCUT2D eigenvalue weighted by molar-refractivity contribution is 6.30. The van der Waals surface area contributed by atoms with Crippen LogP contribution in [0.4, 0.5) is 0 Å². The highest BCUT2D eigenvalue weighted by atomic mass is 35.5. The molecule has 0 spiro atoms. The average molecular weight is 394 g/mol. The lowest BCUT2D eigenvalue weighted by molar-refractivity contribution is 0.0144. The smallest absolute Gasteiger partial charge is 0.0623 e. The normalized spacial score (nSPS) is 31.1. The van der Waals surface area contributed by atoms with Gasteiger partial charge in [-0.1, -0.05) is 30.2 Å². The lowest BCUT2D eigenvalue weighted by Gasteiger charge is -2.37. The van der Waals surface area contributed by atoms with Gasteiger partial charge in [-0.25, -0.2) is 0 Å². The maximum Gasteiger partial charge on any atom is 0.0623 e. The third-order valence-electron chi connectivity index (χ3n) is 6.33. The number of benzene rings is 1. The van der Waals surface area contributed by atoms with E-state index in [0.29, 0.717) is 24.0 Å². The number of rotatable bonds is 6. The van der Waals surface area contributed by atoms with Crippen LogP contribution in [0.15, 0.2) is 24.3 Å². The van der Waals surface area contributed by atoms with Crippen molar-refractivity contribution in [1.82, 2.24) is 15.5 Å². The van der Waals surface area contributed by atoms with Crippen LogP contribution in [-0.2, 0) is 9.47 Å². The van der Waals surface area contributed by atoms with E-state index in [0.717, 1.165) is 57.6 Å². The van der Waals surface area contributed by atoms with Gasteiger partial charge in [0.2, 0.25) is 0 Å². The van der Waals surface area contributed by atoms with Crippen LogP contribution in [0.1, 0.15) is 30.9 Å². The molecule has 4 unspecified atom stereocenters. The molecule has 1 aliphatic carbocycles. The molecule has 2 heterocycles. The molecule has 2 aliphatic heterocycles. The Kier molecular flexibility index (Phi) is 7.03. The van der Waals surface area contributed by atoms with E-state index in [1.807, 2.05) is 6.07 Å². The number of hydrogen-bond donors (Lipinski definition) is 2. The van der Waals surface area contributed by atoms with Gasteiger partial charge in [-0.3, -0.25) is 4.90 Å². The molecule has 3 aliphatic rings. The van der Waals surface area contributed by atoms with Crippen LogP contribution in [0.5, 0.6) is 0 Å². The number of morpholine rings is 2. The number of halogens is 1. The van der Waals surface area contributed by atoms with Crippen LogP contribution in [-0.4, -0.2) is 69.6 Å². The van der Waals surface area contributed by atoms with Crippen LogP contribution in [0.2, 0.25) is 5.02 Å². The molecular weight excluding hydrogens is 362 g/mol. The second-order valence-electron chi connectivity index (χ2n) is 7.96. The van der Waals surface area contributed by atoms with Crippen LogP contribution in [0.3, 0.4) is 0 Å². The van der Waals surface area contributed by atoms with E-state index in [4.69, 9.17) is 21.1 Å². The second-order valence-corrected chi connectivity index (χ2v) is 8.40. The SMILES string of the molecule is Clc1cccc(C(CNC2CCCC2C2COCCN2)N2CCOCC2)c1. The monoisotopic (exact) mass is 393 g/mol. The summed E-state index contributed by atoms with van der Waals surface area (Å²) in [6.07, 6.45) is 3.85. The Balaban J connectivity index is 1.43. The zero-order chi connectivity index (χ0) is 18.5. The van der Waals surface area contributed by atoms with Crippen molar-refractivity contribution in [2.24, 2.45) is 5.92 Å². The zero-order valence-corrected chi connectivity index (χ0v) is 16.8. The van der Waals surface area contributed by atoms with E-state index in [1.54, 1.807) is 0 Å². The molecule has 1 aromatic rings. The Hall–Kier alpha value is -0.690. The average Bonchev–Trinajstić information content (AvgIpc) is 3.18. The molecule has 0 amide bonds. The maximum absolute atomic E-state index is 6.29. The first-order valence-corrected chi connectivity index (χ1v) is 10.8. The standard InChI is InChI=1S/C21H32ClN3O2/c22-17-4-1-3-16(13-17)21(25-8-11-26-12-9-25)14-24-19-6-2-5-18(19)20-15-27-10-7-23-20/h1,3-4,13,18-21,23-24H,2,5-12,14-15H2. The Morgan fingerprint density at radius 3 is 2.85 bits per heavy atom. The van der Waals surface area contributed by atoms with Crippen molar-refractivity contribution in [2.75, 3.05) is 52.6 Å². The first-order valence-electron chi connectivity index (χ1n) is 10.4. The summed E-state index contributed by atoms with van der Waals surface area (Å²) in [5.74, 6) is 0.662. The van der Waals surface area contributed by atoms with Crippen molar-refractivity contribution in [3.8, 4) is 0 Å². The zero-order valence-electron chi connectivity index (χ0n) is 16.0. The Labute approximate surface area is 167 Å². The molecule has 150 valence electrons. The lowest BCUT2D eigenvalue weighted by atomic mass is 9.93. The molecular formula is C21H32ClN3O2. The quantitative estimate of drug-likeness (QED) is 0.777. The summed E-state index contributed by atoms with van der Waals surface area (Å²) in [5.41, 5.74) is 1.30. The molecule has 0 bridgehead atoms. The minimum atomic E-state index is 0.337. The van der Waals surface area contributed by atoms with Gasteiger partial charge >= 0.3 is 0 Å². The summed E-state index contributed by atoms with van der Waals surface area (Å²) in [6.45, 7) is 7.20. The third-order valence-corrected chi connectivity index (χ3v) is 6.56. The third kappa shape index (κ3) is 5.03. The molecule has 1 saturated carbocycles. The number of nitrogens with zero attached hydrogens (tertiary/aromatic N) is 1. The predicted molar refractivity (Wildman–Crippen MR) is 108 cm³/mol. The minimum absolute atomic E-state index is 0.337. The van der Waals surface area contributed by atoms with Crippen LogP contribution in [0, 0.1) is 5.92 Å². The summed E-state index contributed by atoms with van der Waals surface area (Å²) >= 11 is 6.29. The highest BCUT2D eigenvalue weighted by Crippen LogP contribution is 2.31. The molecule has 2 N–H and O–H groups in total. The van der Waals surface area contributed by atoms with Crippen molar-refractivity contribution in [3.63, 3.8) is 0 Å². The van der Waals surface area contributed by atoms with E-state index in [-0.39, 0.29) is 0 Å². The summed E-state index contributed by atoms with van der Waals surface area (Å²) in [7, 11) is 0. The Morgan fingerprint density at radius 2 is 2.07 bits per heavy atom. The summed E-state index contributed by atoms with van der Waals surface area (Å²) < 4.78 is 11.3. The fraction of sp³-hybridized carbons (Fsp3) is 0.714. The second kappa shape index (κ2) is 9.68. The summed E-state index contributed by atoms with van der Waals surface area (Å²) in [5, 5.41) is 8.41. The Bertz CT molecular complexity index is 591. The molecule has 5 nitrogen and oxygen atoms in total. The molecule has 1 aromatic carbocycles. The fourth-order valence-corrected chi connectivity index (χ4v) is 5.11. The molecule has 4 atom stereocenters. The topological polar surface area (TPSA) is 45.8 Å². The molecule has 2 saturated heterocycles. The van der Waals surface area contributed by atoms with Gasteiger partial charge in [0.25, 0.3) is 0 Å². The minimum Gasteiger partial charge on any atom is -0.379 e. The van der Waals surface area contributed by atoms with Gasteiger partial charge in [0.15, 0.2) is 0 Å². The maximum atomic E-state index is 6.29. The van der Waals surface area contributed by atoms with Crippen molar-refractivity contribution in [2.45, 2.75) is 37.4 Å². The van der Waals surface area contributed by atoms with Crippen molar-refractivity contribution >= 4 is 11.6 Å². The first kappa shape index (κ1) is 19.6. The van der Waals surface area contributed by atoms with Gasteiger partial charge in [0.05, 0.1) is 26.4 Å². The first-order chi connectivity index (χ1) is 13.3. The Morgan fingerprint density at radius 1 is 1.19 bits per heavy atom. The van der Waals surface area contributed by atoms with E-state index in [9.17, 15) is 0 Å². The summed E-state index contributed by atoms with van der Waals surface area (Å²) in [4.78, 5) is 2.54. The van der Waals surface area contributed by atoms with E-state index >= 15 is 0 Å². The lowest BCUT2D eigenvalue weighted by Crippen LogP contribution is -2.52. The predicted octanol–water partition coefficient (Wildman–Crippen LogP) is 2.46. The van der Waals surface area contributed by atoms with Crippen molar-refractivity contribution in [3.05, 3.63) is 34.9 Å². The van der Waals surface area contributed by atoms with Gasteiger partial charge in [0, 0.05) is 49.3 Å². The largest absolute Gasteiger partial charge is 0.379 e. The number of ether oxygens (including phenoxy) is 2. The van der Waals surface area contributed by atoms with Gasteiger partial charge < -0.3 is 20.1 Å². The number of nitrogens with one attached hydrogen (secondary N) is 2. The molecule has 3 fully saturated rings. The van der Waals surface area contributed by atoms with Crippen LogP contribution >= 0.6 is 11.6 Å². The van der Waals surface area contributed by atoms with Crippen molar-refractivity contribution in [1.29, 1.82) is 0 Å². The van der Waals surface area contributed by atoms with Gasteiger partial charge in [-0.15, -0.1) is 0 Å². The molecule has 6 heteroatoms. The van der Waals surface area contributed by atoms with E-state index in [2.05, 4.69) is 33.7 Å². The van der Waals surface area contributed by atoms with Crippen molar-refractivity contribution < 1.29 is 9.47 Å². The molecule has 0 aromatic heterocycles. The van der Waals surface area contributed by atoms with Crippen LogP contribution in [0.25, 0.3) is 0 Å². The van der Waals surface area contributed by atoms with E-state index < -0.39 is 0 Å².